The first kappa shape index (κ1) is 14.2. The molecule has 0 unspecified atom stereocenters. The Bertz CT molecular complexity index is 749. The van der Waals surface area contributed by atoms with Crippen LogP contribution in [0.25, 0.3) is 11.0 Å². The van der Waals surface area contributed by atoms with Crippen LogP contribution in [0.3, 0.4) is 0 Å². The van der Waals surface area contributed by atoms with Gasteiger partial charge >= 0.3 is 0 Å². The third-order valence-electron chi connectivity index (χ3n) is 3.48. The van der Waals surface area contributed by atoms with Crippen LogP contribution in [0.4, 0.5) is 0 Å². The van der Waals surface area contributed by atoms with Crippen molar-refractivity contribution in [3.05, 3.63) is 53.6 Å². The highest BCUT2D eigenvalue weighted by molar-refractivity contribution is 7.99. The molecule has 1 heterocycles. The van der Waals surface area contributed by atoms with Crippen molar-refractivity contribution in [3.63, 3.8) is 0 Å². The number of aliphatic hydroxyl groups excluding tert-OH is 1. The lowest BCUT2D eigenvalue weighted by Gasteiger charge is -2.08. The standard InChI is InChI=1S/C17H18N2OS/c1-3-16(20)12-5-7-13(8-6-12)21-17-18-14-9-4-11(2)10-15(14)19-17/h4-10,16,20H,3H2,1-2H3,(H,18,19)/t16-/m1/s1. The molecule has 21 heavy (non-hydrogen) atoms. The van der Waals surface area contributed by atoms with Crippen LogP contribution in [-0.4, -0.2) is 15.1 Å². The molecule has 3 nitrogen and oxygen atoms in total. The zero-order valence-corrected chi connectivity index (χ0v) is 12.9. The SMILES string of the molecule is CC[C@@H](O)c1ccc(Sc2nc3ccc(C)cc3[nH]2)cc1. The lowest BCUT2D eigenvalue weighted by Crippen LogP contribution is -1.94. The molecular formula is C17H18N2OS. The van der Waals surface area contributed by atoms with Crippen molar-refractivity contribution in [1.82, 2.24) is 9.97 Å². The predicted octanol–water partition coefficient (Wildman–Crippen LogP) is 4.47. The van der Waals surface area contributed by atoms with Crippen LogP contribution in [0.2, 0.25) is 0 Å². The van der Waals surface area contributed by atoms with Gasteiger partial charge in [0.15, 0.2) is 5.16 Å². The summed E-state index contributed by atoms with van der Waals surface area (Å²) in [6, 6.07) is 14.2. The quantitative estimate of drug-likeness (QED) is 0.747. The molecule has 0 saturated carbocycles. The number of fused-ring (bicyclic) bond motifs is 1. The van der Waals surface area contributed by atoms with Crippen LogP contribution >= 0.6 is 11.8 Å². The highest BCUT2D eigenvalue weighted by atomic mass is 32.2. The van der Waals surface area contributed by atoms with Crippen molar-refractivity contribution in [3.8, 4) is 0 Å². The van der Waals surface area contributed by atoms with E-state index < -0.39 is 0 Å². The van der Waals surface area contributed by atoms with E-state index in [0.717, 1.165) is 33.1 Å². The Labute approximate surface area is 128 Å². The van der Waals surface area contributed by atoms with Crippen LogP contribution in [-0.2, 0) is 0 Å². The number of aliphatic hydroxyl groups is 1. The molecule has 0 amide bonds. The Morgan fingerprint density at radius 3 is 2.67 bits per heavy atom. The number of hydrogen-bond acceptors (Lipinski definition) is 3. The maximum Gasteiger partial charge on any atom is 0.171 e. The van der Waals surface area contributed by atoms with Crippen molar-refractivity contribution in [2.75, 3.05) is 0 Å². The van der Waals surface area contributed by atoms with E-state index in [1.54, 1.807) is 11.8 Å². The first-order chi connectivity index (χ1) is 10.2. The predicted molar refractivity (Wildman–Crippen MR) is 86.6 cm³/mol. The fraction of sp³-hybridized carbons (Fsp3) is 0.235. The summed E-state index contributed by atoms with van der Waals surface area (Å²) in [4.78, 5) is 9.03. The van der Waals surface area contributed by atoms with Crippen LogP contribution in [0.15, 0.2) is 52.5 Å². The molecule has 108 valence electrons. The van der Waals surface area contributed by atoms with Crippen molar-refractivity contribution in [2.45, 2.75) is 36.4 Å². The second-order valence-electron chi connectivity index (χ2n) is 5.16. The summed E-state index contributed by atoms with van der Waals surface area (Å²) < 4.78 is 0. The van der Waals surface area contributed by atoms with E-state index in [1.165, 1.54) is 5.56 Å². The highest BCUT2D eigenvalue weighted by Gasteiger charge is 2.07. The summed E-state index contributed by atoms with van der Waals surface area (Å²) in [5, 5.41) is 10.7. The van der Waals surface area contributed by atoms with E-state index in [-0.39, 0.29) is 6.10 Å². The van der Waals surface area contributed by atoms with E-state index in [4.69, 9.17) is 0 Å². The number of nitrogens with one attached hydrogen (secondary N) is 1. The van der Waals surface area contributed by atoms with E-state index in [1.807, 2.05) is 37.3 Å². The number of imidazole rings is 1. The first-order valence-corrected chi connectivity index (χ1v) is 7.89. The highest BCUT2D eigenvalue weighted by Crippen LogP contribution is 2.28. The van der Waals surface area contributed by atoms with Crippen molar-refractivity contribution < 1.29 is 5.11 Å². The summed E-state index contributed by atoms with van der Waals surface area (Å²) in [7, 11) is 0. The first-order valence-electron chi connectivity index (χ1n) is 7.08. The van der Waals surface area contributed by atoms with Gasteiger partial charge in [-0.2, -0.15) is 0 Å². The molecule has 0 aliphatic carbocycles. The Balaban J connectivity index is 1.81. The molecule has 2 N–H and O–H groups in total. The molecule has 4 heteroatoms. The minimum Gasteiger partial charge on any atom is -0.388 e. The fourth-order valence-corrected chi connectivity index (χ4v) is 3.05. The number of aromatic nitrogens is 2. The normalized spacial score (nSPS) is 12.7. The summed E-state index contributed by atoms with van der Waals surface area (Å²) in [6.07, 6.45) is 0.355. The maximum atomic E-state index is 9.81. The molecule has 1 atom stereocenters. The largest absolute Gasteiger partial charge is 0.388 e. The molecule has 1 aromatic heterocycles. The zero-order valence-electron chi connectivity index (χ0n) is 12.1. The van der Waals surface area contributed by atoms with Gasteiger partial charge in [0.05, 0.1) is 17.1 Å². The van der Waals surface area contributed by atoms with Gasteiger partial charge < -0.3 is 10.1 Å². The maximum absolute atomic E-state index is 9.81. The average molecular weight is 298 g/mol. The summed E-state index contributed by atoms with van der Waals surface area (Å²) in [5.41, 5.74) is 4.24. The molecule has 0 aliphatic heterocycles. The number of H-pyrrole nitrogens is 1. The van der Waals surface area contributed by atoms with Gasteiger partial charge in [-0.05, 0) is 48.7 Å². The topological polar surface area (TPSA) is 48.9 Å². The minimum absolute atomic E-state index is 0.377. The Morgan fingerprint density at radius 1 is 1.19 bits per heavy atom. The summed E-state index contributed by atoms with van der Waals surface area (Å²) in [6.45, 7) is 4.05. The molecule has 0 aliphatic rings. The van der Waals surface area contributed by atoms with Gasteiger partial charge in [-0.3, -0.25) is 0 Å². The lowest BCUT2D eigenvalue weighted by atomic mass is 10.1. The summed E-state index contributed by atoms with van der Waals surface area (Å²) in [5.74, 6) is 0. The zero-order chi connectivity index (χ0) is 14.8. The van der Waals surface area contributed by atoms with E-state index >= 15 is 0 Å². The van der Waals surface area contributed by atoms with E-state index in [2.05, 4.69) is 29.0 Å². The Kier molecular flexibility index (Phi) is 3.99. The van der Waals surface area contributed by atoms with Crippen LogP contribution in [0.1, 0.15) is 30.6 Å². The van der Waals surface area contributed by atoms with E-state index in [0.29, 0.717) is 0 Å². The van der Waals surface area contributed by atoms with Crippen molar-refractivity contribution >= 4 is 22.8 Å². The van der Waals surface area contributed by atoms with Crippen LogP contribution < -0.4 is 0 Å². The molecular weight excluding hydrogens is 280 g/mol. The average Bonchev–Trinajstić information content (AvgIpc) is 2.88. The molecule has 0 saturated heterocycles. The molecule has 0 radical (unpaired) electrons. The number of aryl methyl sites for hydroxylation is 1. The number of nitrogens with zero attached hydrogens (tertiary/aromatic N) is 1. The van der Waals surface area contributed by atoms with Gasteiger partial charge in [0.25, 0.3) is 0 Å². The molecule has 0 spiro atoms. The molecule has 3 rings (SSSR count). The number of benzene rings is 2. The van der Waals surface area contributed by atoms with Gasteiger partial charge in [0.2, 0.25) is 0 Å². The Morgan fingerprint density at radius 2 is 1.95 bits per heavy atom. The lowest BCUT2D eigenvalue weighted by molar-refractivity contribution is 0.173. The smallest absolute Gasteiger partial charge is 0.171 e. The molecule has 0 bridgehead atoms. The van der Waals surface area contributed by atoms with Gasteiger partial charge in [-0.15, -0.1) is 0 Å². The monoisotopic (exact) mass is 298 g/mol. The Hall–Kier alpha value is -1.78. The van der Waals surface area contributed by atoms with Crippen LogP contribution in [0.5, 0.6) is 0 Å². The van der Waals surface area contributed by atoms with Gasteiger partial charge in [0.1, 0.15) is 0 Å². The van der Waals surface area contributed by atoms with Gasteiger partial charge in [0, 0.05) is 4.90 Å². The number of hydrogen-bond donors (Lipinski definition) is 2. The number of rotatable bonds is 4. The second kappa shape index (κ2) is 5.92. The van der Waals surface area contributed by atoms with Crippen molar-refractivity contribution in [2.24, 2.45) is 0 Å². The van der Waals surface area contributed by atoms with E-state index in [9.17, 15) is 5.11 Å². The molecule has 3 aromatic rings. The van der Waals surface area contributed by atoms with Gasteiger partial charge in [-0.1, -0.05) is 36.9 Å². The minimum atomic E-state index is -0.377. The molecule has 0 fully saturated rings. The number of aromatic amines is 1. The fourth-order valence-electron chi connectivity index (χ4n) is 2.25. The molecule has 2 aromatic carbocycles. The second-order valence-corrected chi connectivity index (χ2v) is 6.22. The van der Waals surface area contributed by atoms with Crippen LogP contribution in [0, 0.1) is 6.92 Å². The third-order valence-corrected chi connectivity index (χ3v) is 4.38. The van der Waals surface area contributed by atoms with Gasteiger partial charge in [-0.25, -0.2) is 4.98 Å². The summed E-state index contributed by atoms with van der Waals surface area (Å²) >= 11 is 1.60. The third kappa shape index (κ3) is 3.12. The van der Waals surface area contributed by atoms with Crippen molar-refractivity contribution in [1.29, 1.82) is 0 Å².